The van der Waals surface area contributed by atoms with Gasteiger partial charge in [-0.05, 0) is 32.4 Å². The molecule has 2 heterocycles. The highest BCUT2D eigenvalue weighted by Crippen LogP contribution is 2.25. The Morgan fingerprint density at radius 3 is 2.73 bits per heavy atom. The van der Waals surface area contributed by atoms with Crippen molar-refractivity contribution in [2.45, 2.75) is 20.8 Å². The van der Waals surface area contributed by atoms with Crippen LogP contribution in [-0.4, -0.2) is 39.0 Å². The number of hydrogen-bond donors (Lipinski definition) is 3. The maximum absolute atomic E-state index is 12.0. The molecule has 0 aliphatic rings. The van der Waals surface area contributed by atoms with E-state index in [1.807, 2.05) is 32.5 Å². The highest BCUT2D eigenvalue weighted by Gasteiger charge is 2.17. The van der Waals surface area contributed by atoms with E-state index in [-0.39, 0.29) is 24.2 Å². The molecule has 22 heavy (non-hydrogen) atoms. The first-order valence-electron chi connectivity index (χ1n) is 6.98. The van der Waals surface area contributed by atoms with Crippen LogP contribution in [0.2, 0.25) is 0 Å². The fraction of sp³-hybridized carbons (Fsp3) is 0.500. The zero-order valence-corrected chi connectivity index (χ0v) is 14.1. The van der Waals surface area contributed by atoms with E-state index in [1.165, 1.54) is 0 Å². The van der Waals surface area contributed by atoms with Gasteiger partial charge in [-0.3, -0.25) is 14.6 Å². The number of nitrogens with zero attached hydrogens (tertiary/aromatic N) is 3. The Labute approximate surface area is 136 Å². The molecule has 0 bridgehead atoms. The first kappa shape index (κ1) is 18.2. The molecule has 1 unspecified atom stereocenters. The Bertz CT molecular complexity index is 648. The minimum absolute atomic E-state index is 0. The fourth-order valence-corrected chi connectivity index (χ4v) is 2.16. The van der Waals surface area contributed by atoms with Crippen molar-refractivity contribution >= 4 is 18.3 Å². The van der Waals surface area contributed by atoms with Crippen LogP contribution >= 0.6 is 12.4 Å². The molecule has 0 aliphatic heterocycles. The maximum Gasteiger partial charge on any atom is 0.269 e. The van der Waals surface area contributed by atoms with Crippen molar-refractivity contribution in [1.29, 1.82) is 0 Å². The topological polar surface area (TPSA) is 102 Å². The van der Waals surface area contributed by atoms with Crippen LogP contribution < -0.4 is 11.1 Å². The van der Waals surface area contributed by atoms with Gasteiger partial charge in [0.2, 0.25) is 0 Å². The van der Waals surface area contributed by atoms with E-state index in [1.54, 1.807) is 6.07 Å². The molecule has 0 aliphatic carbocycles. The second-order valence-electron chi connectivity index (χ2n) is 5.39. The van der Waals surface area contributed by atoms with Gasteiger partial charge >= 0.3 is 0 Å². The summed E-state index contributed by atoms with van der Waals surface area (Å²) in [6, 6.07) is 1.75. The lowest BCUT2D eigenvalue weighted by atomic mass is 10.1. The number of halogens is 1. The molecule has 122 valence electrons. The number of nitrogens with two attached hydrogens (primary N) is 1. The van der Waals surface area contributed by atoms with Crippen LogP contribution in [0.3, 0.4) is 0 Å². The van der Waals surface area contributed by atoms with E-state index in [2.05, 4.69) is 20.6 Å². The lowest BCUT2D eigenvalue weighted by molar-refractivity contribution is 0.0943. The number of hydrogen-bond acceptors (Lipinski definition) is 4. The summed E-state index contributed by atoms with van der Waals surface area (Å²) in [4.78, 5) is 12.0. The third-order valence-electron chi connectivity index (χ3n) is 3.60. The summed E-state index contributed by atoms with van der Waals surface area (Å²) >= 11 is 0. The summed E-state index contributed by atoms with van der Waals surface area (Å²) < 4.78 is 1.81. The molecule has 2 aromatic rings. The van der Waals surface area contributed by atoms with E-state index in [4.69, 9.17) is 5.73 Å². The predicted octanol–water partition coefficient (Wildman–Crippen LogP) is 1.17. The van der Waals surface area contributed by atoms with Gasteiger partial charge in [0.1, 0.15) is 5.69 Å². The van der Waals surface area contributed by atoms with Crippen LogP contribution in [0.1, 0.15) is 28.8 Å². The predicted molar refractivity (Wildman–Crippen MR) is 88.1 cm³/mol. The van der Waals surface area contributed by atoms with Crippen molar-refractivity contribution in [3.8, 4) is 11.3 Å². The van der Waals surface area contributed by atoms with Crippen LogP contribution in [-0.2, 0) is 7.05 Å². The van der Waals surface area contributed by atoms with Gasteiger partial charge in [-0.25, -0.2) is 0 Å². The Morgan fingerprint density at radius 1 is 1.50 bits per heavy atom. The molecular weight excluding hydrogens is 304 g/mol. The first-order chi connectivity index (χ1) is 9.93. The van der Waals surface area contributed by atoms with Gasteiger partial charge in [0.25, 0.3) is 5.91 Å². The lowest BCUT2D eigenvalue weighted by Gasteiger charge is -2.08. The summed E-state index contributed by atoms with van der Waals surface area (Å²) in [5.74, 6) is 0.0763. The highest BCUT2D eigenvalue weighted by molar-refractivity contribution is 5.93. The van der Waals surface area contributed by atoms with Gasteiger partial charge in [-0.15, -0.1) is 12.4 Å². The minimum Gasteiger partial charge on any atom is -0.350 e. The second kappa shape index (κ2) is 7.42. The summed E-state index contributed by atoms with van der Waals surface area (Å²) in [5, 5.41) is 14.2. The number of carbonyl (C=O) groups excluding carboxylic acids is 1. The van der Waals surface area contributed by atoms with Crippen LogP contribution in [0.4, 0.5) is 0 Å². The van der Waals surface area contributed by atoms with Crippen molar-refractivity contribution < 1.29 is 4.79 Å². The molecule has 0 fully saturated rings. The molecule has 0 spiro atoms. The molecule has 7 nitrogen and oxygen atoms in total. The Kier molecular flexibility index (Phi) is 6.13. The Hall–Kier alpha value is -1.86. The van der Waals surface area contributed by atoms with Gasteiger partial charge in [-0.1, -0.05) is 6.92 Å². The molecule has 1 atom stereocenters. The van der Waals surface area contributed by atoms with Crippen molar-refractivity contribution in [2.24, 2.45) is 18.7 Å². The van der Waals surface area contributed by atoms with E-state index >= 15 is 0 Å². The van der Waals surface area contributed by atoms with Crippen molar-refractivity contribution in [3.63, 3.8) is 0 Å². The van der Waals surface area contributed by atoms with E-state index in [0.29, 0.717) is 18.8 Å². The summed E-state index contributed by atoms with van der Waals surface area (Å²) in [6.45, 7) is 6.99. The number of amides is 1. The number of aromatic amines is 1. The number of aryl methyl sites for hydroxylation is 2. The summed E-state index contributed by atoms with van der Waals surface area (Å²) in [6.07, 6.45) is 0. The molecule has 0 saturated heterocycles. The Balaban J connectivity index is 0.00000242. The standard InChI is InChI=1S/C14H22N6O.ClH/c1-8(6-15)7-16-14(21)12-5-11(17-18-12)13-9(2)19-20(4)10(13)3;/h5,8H,6-7,15H2,1-4H3,(H,16,21)(H,17,18);1H. The van der Waals surface area contributed by atoms with Gasteiger partial charge in [-0.2, -0.15) is 10.2 Å². The number of rotatable bonds is 5. The van der Waals surface area contributed by atoms with Crippen LogP contribution in [0.15, 0.2) is 6.07 Å². The molecule has 1 amide bonds. The number of aromatic nitrogens is 4. The number of nitrogens with one attached hydrogen (secondary N) is 2. The molecule has 2 rings (SSSR count). The second-order valence-corrected chi connectivity index (χ2v) is 5.39. The van der Waals surface area contributed by atoms with E-state index in [0.717, 1.165) is 22.6 Å². The third-order valence-corrected chi connectivity index (χ3v) is 3.60. The quantitative estimate of drug-likeness (QED) is 0.767. The van der Waals surface area contributed by atoms with E-state index in [9.17, 15) is 4.79 Å². The average molecular weight is 327 g/mol. The summed E-state index contributed by atoms with van der Waals surface area (Å²) in [5.41, 5.74) is 9.58. The zero-order valence-electron chi connectivity index (χ0n) is 13.3. The first-order valence-corrected chi connectivity index (χ1v) is 6.98. The largest absolute Gasteiger partial charge is 0.350 e. The van der Waals surface area contributed by atoms with Crippen LogP contribution in [0, 0.1) is 19.8 Å². The summed E-state index contributed by atoms with van der Waals surface area (Å²) in [7, 11) is 1.89. The van der Waals surface area contributed by atoms with Gasteiger partial charge in [0.15, 0.2) is 0 Å². The van der Waals surface area contributed by atoms with Crippen molar-refractivity contribution in [3.05, 3.63) is 23.1 Å². The molecule has 4 N–H and O–H groups in total. The normalized spacial score (nSPS) is 11.9. The van der Waals surface area contributed by atoms with Crippen molar-refractivity contribution in [1.82, 2.24) is 25.3 Å². The molecule has 0 radical (unpaired) electrons. The fourth-order valence-electron chi connectivity index (χ4n) is 2.16. The van der Waals surface area contributed by atoms with Crippen molar-refractivity contribution in [2.75, 3.05) is 13.1 Å². The van der Waals surface area contributed by atoms with Gasteiger partial charge < -0.3 is 11.1 Å². The number of carbonyl (C=O) groups is 1. The zero-order chi connectivity index (χ0) is 15.6. The third kappa shape index (κ3) is 3.66. The van der Waals surface area contributed by atoms with Crippen LogP contribution in [0.25, 0.3) is 11.3 Å². The molecular formula is C14H23ClN6O. The number of H-pyrrole nitrogens is 1. The molecule has 8 heteroatoms. The molecule has 0 aromatic carbocycles. The van der Waals surface area contributed by atoms with Gasteiger partial charge in [0.05, 0.1) is 11.4 Å². The monoisotopic (exact) mass is 326 g/mol. The SMILES string of the molecule is Cc1nn(C)c(C)c1-c1cc(C(=O)NCC(C)CN)[nH]n1.Cl. The lowest BCUT2D eigenvalue weighted by Crippen LogP contribution is -2.31. The van der Waals surface area contributed by atoms with E-state index < -0.39 is 0 Å². The smallest absolute Gasteiger partial charge is 0.269 e. The van der Waals surface area contributed by atoms with Gasteiger partial charge in [0, 0.05) is 24.8 Å². The van der Waals surface area contributed by atoms with Crippen LogP contribution in [0.5, 0.6) is 0 Å². The maximum atomic E-state index is 12.0. The average Bonchev–Trinajstić information content (AvgIpc) is 3.02. The minimum atomic E-state index is -0.173. The highest BCUT2D eigenvalue weighted by atomic mass is 35.5. The molecule has 0 saturated carbocycles. The molecule has 2 aromatic heterocycles. The Morgan fingerprint density at radius 2 is 2.18 bits per heavy atom.